The smallest absolute Gasteiger partial charge is 0.101 e. The fourth-order valence-corrected chi connectivity index (χ4v) is 3.01. The number of thiol groups is 1. The van der Waals surface area contributed by atoms with Crippen molar-refractivity contribution in [1.29, 1.82) is 0 Å². The highest BCUT2D eigenvalue weighted by Crippen LogP contribution is 2.28. The number of hydrogen-bond donors (Lipinski definition) is 2. The molecule has 0 aromatic rings. The van der Waals surface area contributed by atoms with Crippen LogP contribution in [0, 0.1) is 0 Å². The number of rotatable bonds is 4. The van der Waals surface area contributed by atoms with Crippen molar-refractivity contribution in [3.8, 4) is 0 Å². The van der Waals surface area contributed by atoms with Crippen molar-refractivity contribution in [3.05, 3.63) is 12.7 Å². The first-order chi connectivity index (χ1) is 8.23. The molecule has 0 bridgehead atoms. The number of aliphatic hydroxyl groups is 1. The summed E-state index contributed by atoms with van der Waals surface area (Å²) in [5.41, 5.74) is -0.368. The minimum Gasteiger partial charge on any atom is -0.388 e. The molecule has 0 spiro atoms. The normalized spacial score (nSPS) is 36.2. The summed E-state index contributed by atoms with van der Waals surface area (Å²) in [4.78, 5) is 4.72. The summed E-state index contributed by atoms with van der Waals surface area (Å²) in [6, 6.07) is 0. The van der Waals surface area contributed by atoms with Crippen molar-refractivity contribution in [3.63, 3.8) is 0 Å². The van der Waals surface area contributed by atoms with Crippen LogP contribution in [0.4, 0.5) is 0 Å². The monoisotopic (exact) mass is 258 g/mol. The van der Waals surface area contributed by atoms with E-state index in [2.05, 4.69) is 29.0 Å². The molecule has 2 fully saturated rings. The molecule has 0 unspecified atom stereocenters. The highest BCUT2D eigenvalue weighted by atomic mass is 32.1. The predicted octanol–water partition coefficient (Wildman–Crippen LogP) is -0.150. The summed E-state index contributed by atoms with van der Waals surface area (Å²) in [6.45, 7) is 9.88. The second-order valence-electron chi connectivity index (χ2n) is 4.78. The second kappa shape index (κ2) is 5.71. The standard InChI is InChI=1S/C12H22N2O2S/c1-2-12(10-16-9-11(12)15)14-5-3-13(4-6-14)7-8-17/h2,11,15,17H,1,3-10H2/t11-,12+/m1/s1. The van der Waals surface area contributed by atoms with Gasteiger partial charge in [-0.15, -0.1) is 6.58 Å². The maximum absolute atomic E-state index is 10.1. The van der Waals surface area contributed by atoms with Crippen LogP contribution in [0.5, 0.6) is 0 Å². The Morgan fingerprint density at radius 3 is 2.59 bits per heavy atom. The summed E-state index contributed by atoms with van der Waals surface area (Å²) in [5.74, 6) is 0.901. The minimum absolute atomic E-state index is 0.368. The van der Waals surface area contributed by atoms with Gasteiger partial charge in [0.05, 0.1) is 18.8 Å². The van der Waals surface area contributed by atoms with Gasteiger partial charge in [0.1, 0.15) is 6.10 Å². The third-order valence-electron chi connectivity index (χ3n) is 3.92. The van der Waals surface area contributed by atoms with Gasteiger partial charge >= 0.3 is 0 Å². The number of aliphatic hydroxyl groups excluding tert-OH is 1. The summed E-state index contributed by atoms with van der Waals surface area (Å²) < 4.78 is 5.40. The number of piperazine rings is 1. The van der Waals surface area contributed by atoms with Crippen molar-refractivity contribution in [2.45, 2.75) is 11.6 Å². The molecule has 2 aliphatic rings. The van der Waals surface area contributed by atoms with Crippen LogP contribution in [0.15, 0.2) is 12.7 Å². The Morgan fingerprint density at radius 2 is 2.12 bits per heavy atom. The van der Waals surface area contributed by atoms with E-state index in [9.17, 15) is 5.11 Å². The zero-order valence-corrected chi connectivity index (χ0v) is 11.1. The number of nitrogens with zero attached hydrogens (tertiary/aromatic N) is 2. The Labute approximate surface area is 109 Å². The summed E-state index contributed by atoms with van der Waals surface area (Å²) in [6.07, 6.45) is 1.41. The first-order valence-electron chi connectivity index (χ1n) is 6.20. The van der Waals surface area contributed by atoms with Crippen molar-refractivity contribution in [2.24, 2.45) is 0 Å². The Balaban J connectivity index is 1.97. The molecule has 2 aliphatic heterocycles. The van der Waals surface area contributed by atoms with E-state index >= 15 is 0 Å². The molecule has 0 radical (unpaired) electrons. The van der Waals surface area contributed by atoms with Gasteiger partial charge in [0.15, 0.2) is 0 Å². The fourth-order valence-electron chi connectivity index (χ4n) is 2.73. The summed E-state index contributed by atoms with van der Waals surface area (Å²) >= 11 is 4.26. The molecule has 2 atom stereocenters. The zero-order valence-electron chi connectivity index (χ0n) is 10.2. The van der Waals surface area contributed by atoms with Gasteiger partial charge in [-0.3, -0.25) is 9.80 Å². The molecule has 1 N–H and O–H groups in total. The second-order valence-corrected chi connectivity index (χ2v) is 5.23. The average molecular weight is 258 g/mol. The third kappa shape index (κ3) is 2.53. The van der Waals surface area contributed by atoms with Crippen molar-refractivity contribution >= 4 is 12.6 Å². The highest BCUT2D eigenvalue weighted by Gasteiger charge is 2.46. The molecule has 0 aliphatic carbocycles. The van der Waals surface area contributed by atoms with Gasteiger partial charge in [0, 0.05) is 38.5 Å². The van der Waals surface area contributed by atoms with Crippen LogP contribution in [0.25, 0.3) is 0 Å². The highest BCUT2D eigenvalue weighted by molar-refractivity contribution is 7.80. The van der Waals surface area contributed by atoms with Crippen molar-refractivity contribution in [2.75, 3.05) is 51.7 Å². The average Bonchev–Trinajstić information content (AvgIpc) is 2.73. The third-order valence-corrected chi connectivity index (χ3v) is 4.12. The first kappa shape index (κ1) is 13.4. The Bertz CT molecular complexity index is 269. The van der Waals surface area contributed by atoms with Crippen LogP contribution in [-0.2, 0) is 4.74 Å². The van der Waals surface area contributed by atoms with Gasteiger partial charge in [-0.1, -0.05) is 6.08 Å². The molecule has 5 heteroatoms. The maximum Gasteiger partial charge on any atom is 0.101 e. The van der Waals surface area contributed by atoms with E-state index in [1.807, 2.05) is 6.08 Å². The summed E-state index contributed by atoms with van der Waals surface area (Å²) in [5, 5.41) is 10.1. The van der Waals surface area contributed by atoms with Gasteiger partial charge in [0.2, 0.25) is 0 Å². The van der Waals surface area contributed by atoms with E-state index in [-0.39, 0.29) is 5.54 Å². The Morgan fingerprint density at radius 1 is 1.41 bits per heavy atom. The molecule has 0 amide bonds. The van der Waals surface area contributed by atoms with E-state index in [1.165, 1.54) is 0 Å². The van der Waals surface area contributed by atoms with Crippen LogP contribution >= 0.6 is 12.6 Å². The number of hydrogen-bond acceptors (Lipinski definition) is 5. The van der Waals surface area contributed by atoms with Crippen molar-refractivity contribution < 1.29 is 9.84 Å². The Hall–Kier alpha value is -0.0700. The molecular weight excluding hydrogens is 236 g/mol. The summed E-state index contributed by atoms with van der Waals surface area (Å²) in [7, 11) is 0. The molecular formula is C12H22N2O2S. The molecule has 17 heavy (non-hydrogen) atoms. The predicted molar refractivity (Wildman–Crippen MR) is 71.6 cm³/mol. The van der Waals surface area contributed by atoms with E-state index in [0.717, 1.165) is 38.5 Å². The lowest BCUT2D eigenvalue weighted by Crippen LogP contribution is -2.61. The molecule has 98 valence electrons. The molecule has 4 nitrogen and oxygen atoms in total. The minimum atomic E-state index is -0.448. The largest absolute Gasteiger partial charge is 0.388 e. The van der Waals surface area contributed by atoms with Gasteiger partial charge in [-0.25, -0.2) is 0 Å². The molecule has 2 heterocycles. The number of ether oxygens (including phenoxy) is 1. The Kier molecular flexibility index (Phi) is 4.49. The van der Waals surface area contributed by atoms with E-state index in [4.69, 9.17) is 4.74 Å². The van der Waals surface area contributed by atoms with E-state index in [0.29, 0.717) is 13.2 Å². The molecule has 0 aromatic heterocycles. The van der Waals surface area contributed by atoms with Gasteiger partial charge in [0.25, 0.3) is 0 Å². The first-order valence-corrected chi connectivity index (χ1v) is 6.84. The van der Waals surface area contributed by atoms with E-state index in [1.54, 1.807) is 0 Å². The van der Waals surface area contributed by atoms with Gasteiger partial charge < -0.3 is 9.84 Å². The van der Waals surface area contributed by atoms with Crippen LogP contribution in [0.1, 0.15) is 0 Å². The lowest BCUT2D eigenvalue weighted by atomic mass is 9.92. The molecule has 2 rings (SSSR count). The van der Waals surface area contributed by atoms with Crippen LogP contribution < -0.4 is 0 Å². The van der Waals surface area contributed by atoms with Crippen LogP contribution in [0.3, 0.4) is 0 Å². The quantitative estimate of drug-likeness (QED) is 0.543. The molecule has 0 aromatic carbocycles. The van der Waals surface area contributed by atoms with Crippen LogP contribution in [0.2, 0.25) is 0 Å². The van der Waals surface area contributed by atoms with E-state index < -0.39 is 6.10 Å². The fraction of sp³-hybridized carbons (Fsp3) is 0.833. The van der Waals surface area contributed by atoms with Crippen molar-refractivity contribution in [1.82, 2.24) is 9.80 Å². The topological polar surface area (TPSA) is 35.9 Å². The molecule has 2 saturated heterocycles. The molecule has 0 saturated carbocycles. The zero-order chi connectivity index (χ0) is 12.3. The maximum atomic E-state index is 10.1. The lowest BCUT2D eigenvalue weighted by Gasteiger charge is -2.45. The van der Waals surface area contributed by atoms with Crippen LogP contribution in [-0.4, -0.2) is 78.2 Å². The lowest BCUT2D eigenvalue weighted by molar-refractivity contribution is 0.00261. The van der Waals surface area contributed by atoms with Gasteiger partial charge in [-0.2, -0.15) is 12.6 Å². The SMILES string of the molecule is C=C[C@]1(N2CCN(CCS)CC2)COC[C@H]1O. The van der Waals surface area contributed by atoms with Gasteiger partial charge in [-0.05, 0) is 0 Å².